The first-order valence-electron chi connectivity index (χ1n) is 12.0. The number of hydrogen-bond donors (Lipinski definition) is 0. The summed E-state index contributed by atoms with van der Waals surface area (Å²) in [6.07, 6.45) is 4.56. The normalized spacial score (nSPS) is 25.1. The van der Waals surface area contributed by atoms with E-state index in [2.05, 4.69) is 68.1 Å². The fourth-order valence-corrected chi connectivity index (χ4v) is 6.09. The Labute approximate surface area is 211 Å². The van der Waals surface area contributed by atoms with Crippen LogP contribution in [0.3, 0.4) is 0 Å². The summed E-state index contributed by atoms with van der Waals surface area (Å²) in [7, 11) is 0. The van der Waals surface area contributed by atoms with Crippen LogP contribution in [0.4, 0.5) is 8.78 Å². The molecule has 1 atom stereocenters. The molecule has 2 heterocycles. The fraction of sp³-hybridized carbons (Fsp3) is 0.321. The van der Waals surface area contributed by atoms with Crippen molar-refractivity contribution >= 4 is 21.6 Å². The average molecular weight is 539 g/mol. The summed E-state index contributed by atoms with van der Waals surface area (Å²) < 4.78 is 37.4. The van der Waals surface area contributed by atoms with Crippen molar-refractivity contribution < 1.29 is 18.3 Å². The Hall–Kier alpha value is -2.93. The second kappa shape index (κ2) is 8.94. The lowest BCUT2D eigenvalue weighted by Gasteiger charge is -2.50. The van der Waals surface area contributed by atoms with Crippen LogP contribution in [0, 0.1) is 0 Å². The number of alkyl halides is 2. The molecule has 0 aromatic heterocycles. The summed E-state index contributed by atoms with van der Waals surface area (Å²) in [5.74, 6) is 1.58. The molecule has 180 valence electrons. The molecule has 1 spiro atoms. The number of hydrazone groups is 1. The van der Waals surface area contributed by atoms with Crippen LogP contribution in [0.25, 0.3) is 0 Å². The van der Waals surface area contributed by atoms with Gasteiger partial charge >= 0.3 is 6.61 Å². The first-order valence-corrected chi connectivity index (χ1v) is 12.8. The highest BCUT2D eigenvalue weighted by molar-refractivity contribution is 9.10. The molecule has 6 rings (SSSR count). The van der Waals surface area contributed by atoms with Crippen LogP contribution < -0.4 is 9.47 Å². The predicted molar refractivity (Wildman–Crippen MR) is 134 cm³/mol. The van der Waals surface area contributed by atoms with E-state index in [1.54, 1.807) is 24.3 Å². The lowest BCUT2D eigenvalue weighted by Crippen LogP contribution is -2.55. The van der Waals surface area contributed by atoms with E-state index < -0.39 is 12.3 Å². The summed E-state index contributed by atoms with van der Waals surface area (Å²) in [4.78, 5) is 0. The van der Waals surface area contributed by atoms with Crippen LogP contribution in [0.15, 0.2) is 82.4 Å². The van der Waals surface area contributed by atoms with E-state index in [-0.39, 0.29) is 11.8 Å². The molecule has 0 unspecified atom stereocenters. The van der Waals surface area contributed by atoms with Crippen molar-refractivity contribution in [3.05, 3.63) is 94.0 Å². The molecule has 3 aliphatic rings. The third-order valence-corrected chi connectivity index (χ3v) is 7.90. The van der Waals surface area contributed by atoms with E-state index >= 15 is 0 Å². The van der Waals surface area contributed by atoms with Gasteiger partial charge < -0.3 is 9.47 Å². The number of halogens is 3. The molecule has 1 saturated carbocycles. The number of ether oxygens (including phenoxy) is 2. The molecule has 7 heteroatoms. The molecular weight excluding hydrogens is 514 g/mol. The Morgan fingerprint density at radius 2 is 1.74 bits per heavy atom. The van der Waals surface area contributed by atoms with Gasteiger partial charge in [-0.1, -0.05) is 46.3 Å². The quantitative estimate of drug-likeness (QED) is 0.342. The maximum Gasteiger partial charge on any atom is 0.387 e. The molecule has 0 N–H and O–H groups in total. The molecular formula is C28H25BrF2N2O2. The topological polar surface area (TPSA) is 34.1 Å². The third kappa shape index (κ3) is 4.20. The summed E-state index contributed by atoms with van der Waals surface area (Å²) >= 11 is 3.61. The van der Waals surface area contributed by atoms with Crippen molar-refractivity contribution in [3.63, 3.8) is 0 Å². The van der Waals surface area contributed by atoms with E-state index in [0.717, 1.165) is 59.2 Å². The molecule has 0 bridgehead atoms. The lowest BCUT2D eigenvalue weighted by atomic mass is 9.78. The van der Waals surface area contributed by atoms with Crippen molar-refractivity contribution in [2.45, 2.75) is 56.4 Å². The first kappa shape index (κ1) is 22.5. The Morgan fingerprint density at radius 1 is 1.00 bits per heavy atom. The zero-order valence-electron chi connectivity index (χ0n) is 19.0. The van der Waals surface area contributed by atoms with Gasteiger partial charge in [0.15, 0.2) is 5.72 Å². The zero-order chi connectivity index (χ0) is 24.0. The van der Waals surface area contributed by atoms with E-state index in [9.17, 15) is 8.78 Å². The highest BCUT2D eigenvalue weighted by atomic mass is 79.9. The predicted octanol–water partition coefficient (Wildman–Crippen LogP) is 7.65. The molecule has 0 saturated heterocycles. The van der Waals surface area contributed by atoms with Gasteiger partial charge in [-0.2, -0.15) is 13.9 Å². The maximum absolute atomic E-state index is 12.6. The van der Waals surface area contributed by atoms with Crippen molar-refractivity contribution in [1.82, 2.24) is 5.01 Å². The van der Waals surface area contributed by atoms with Crippen LogP contribution in [-0.2, 0) is 0 Å². The van der Waals surface area contributed by atoms with Crippen molar-refractivity contribution in [2.75, 3.05) is 0 Å². The first-order chi connectivity index (χ1) is 17.0. The van der Waals surface area contributed by atoms with Crippen LogP contribution in [0.5, 0.6) is 11.5 Å². The van der Waals surface area contributed by atoms with Gasteiger partial charge in [0, 0.05) is 29.3 Å². The van der Waals surface area contributed by atoms with Crippen molar-refractivity contribution in [2.24, 2.45) is 5.10 Å². The Kier molecular flexibility index (Phi) is 5.75. The Balaban J connectivity index is 1.32. The van der Waals surface area contributed by atoms with E-state index in [4.69, 9.17) is 9.84 Å². The molecule has 1 fully saturated rings. The monoisotopic (exact) mass is 538 g/mol. The molecule has 4 nitrogen and oxygen atoms in total. The van der Waals surface area contributed by atoms with Gasteiger partial charge in [-0.05, 0) is 72.4 Å². The van der Waals surface area contributed by atoms with Crippen molar-refractivity contribution in [1.29, 1.82) is 0 Å². The minimum absolute atomic E-state index is 0.0662. The summed E-state index contributed by atoms with van der Waals surface area (Å²) in [6.45, 7) is -2.84. The fourth-order valence-electron chi connectivity index (χ4n) is 5.71. The largest absolute Gasteiger partial charge is 0.466 e. The summed E-state index contributed by atoms with van der Waals surface area (Å²) in [6, 6.07) is 23.7. The number of nitrogens with zero attached hydrogens (tertiary/aromatic N) is 2. The highest BCUT2D eigenvalue weighted by Crippen LogP contribution is 2.53. The van der Waals surface area contributed by atoms with Gasteiger partial charge in [-0.3, -0.25) is 0 Å². The average Bonchev–Trinajstić information content (AvgIpc) is 3.33. The molecule has 35 heavy (non-hydrogen) atoms. The van der Waals surface area contributed by atoms with E-state index in [0.29, 0.717) is 5.92 Å². The van der Waals surface area contributed by atoms with Gasteiger partial charge in [0.05, 0.1) is 11.8 Å². The van der Waals surface area contributed by atoms with Gasteiger partial charge in [0.2, 0.25) is 0 Å². The summed E-state index contributed by atoms with van der Waals surface area (Å²) in [5.41, 5.74) is 3.85. The second-order valence-electron chi connectivity index (χ2n) is 9.43. The zero-order valence-corrected chi connectivity index (χ0v) is 20.6. The number of hydrogen-bond acceptors (Lipinski definition) is 4. The van der Waals surface area contributed by atoms with Crippen LogP contribution >= 0.6 is 15.9 Å². The lowest BCUT2D eigenvalue weighted by molar-refractivity contribution is -0.142. The summed E-state index contributed by atoms with van der Waals surface area (Å²) in [5, 5.41) is 7.28. The number of fused-ring (bicyclic) bond motifs is 4. The Bertz CT molecular complexity index is 1240. The minimum atomic E-state index is -2.84. The number of benzene rings is 3. The molecule has 0 amide bonds. The maximum atomic E-state index is 12.6. The Morgan fingerprint density at radius 3 is 2.46 bits per heavy atom. The molecule has 2 aliphatic heterocycles. The van der Waals surface area contributed by atoms with Crippen LogP contribution in [0.1, 0.15) is 60.8 Å². The van der Waals surface area contributed by atoms with Gasteiger partial charge in [-0.15, -0.1) is 0 Å². The van der Waals surface area contributed by atoms with Gasteiger partial charge in [0.1, 0.15) is 11.5 Å². The van der Waals surface area contributed by atoms with E-state index in [1.807, 2.05) is 6.07 Å². The van der Waals surface area contributed by atoms with Crippen molar-refractivity contribution in [3.8, 4) is 11.5 Å². The standard InChI is InChI=1S/C28H25BrF2N2O2/c29-21-8-11-26-23(16-21)25-17-24(20-6-9-22(10-7-20)34-27(30)31)32-33(25)28(35-26)14-12-19(13-15-28)18-4-2-1-3-5-18/h1-11,16,19,25,27H,12-15,17H2/t19?,25-,28?/m1/s1. The SMILES string of the molecule is FC(F)Oc1ccc(C2=NN3[C@H](C2)c2cc(Br)ccc2OC32CCC(c3ccccc3)CC2)cc1. The molecule has 0 radical (unpaired) electrons. The third-order valence-electron chi connectivity index (χ3n) is 7.41. The van der Waals surface area contributed by atoms with Gasteiger partial charge in [0.25, 0.3) is 0 Å². The molecule has 1 aliphatic carbocycles. The second-order valence-corrected chi connectivity index (χ2v) is 10.3. The molecule has 3 aromatic carbocycles. The van der Waals surface area contributed by atoms with Crippen LogP contribution in [0.2, 0.25) is 0 Å². The van der Waals surface area contributed by atoms with Crippen LogP contribution in [-0.4, -0.2) is 23.1 Å². The van der Waals surface area contributed by atoms with E-state index in [1.165, 1.54) is 5.56 Å². The van der Waals surface area contributed by atoms with Gasteiger partial charge in [-0.25, -0.2) is 5.01 Å². The molecule has 3 aromatic rings. The minimum Gasteiger partial charge on any atom is -0.466 e. The highest BCUT2D eigenvalue weighted by Gasteiger charge is 2.52. The smallest absolute Gasteiger partial charge is 0.387 e. The number of rotatable bonds is 4.